The van der Waals surface area contributed by atoms with E-state index in [1.54, 1.807) is 18.2 Å². The monoisotopic (exact) mass is 386 g/mol. The molecule has 3 amide bonds. The number of nitrogens with zero attached hydrogens (tertiary/aromatic N) is 1. The number of nitrogens with one attached hydrogen (secondary N) is 1. The van der Waals surface area contributed by atoms with Crippen molar-refractivity contribution >= 4 is 33.7 Å². The quantitative estimate of drug-likeness (QED) is 0.626. The average Bonchev–Trinajstić information content (AvgIpc) is 3.17. The first-order chi connectivity index (χ1) is 11.5. The minimum Gasteiger partial charge on any atom is -0.272 e. The molecule has 1 N–H and O–H groups in total. The molecular formula is C18H15BrN2O3. The summed E-state index contributed by atoms with van der Waals surface area (Å²) in [5.41, 5.74) is 3.09. The van der Waals surface area contributed by atoms with Gasteiger partial charge in [-0.25, -0.2) is 0 Å². The fourth-order valence-corrected chi connectivity index (χ4v) is 5.38. The van der Waals surface area contributed by atoms with Gasteiger partial charge in [0.25, 0.3) is 17.7 Å². The van der Waals surface area contributed by atoms with Gasteiger partial charge >= 0.3 is 0 Å². The van der Waals surface area contributed by atoms with Crippen LogP contribution in [-0.4, -0.2) is 22.7 Å². The van der Waals surface area contributed by atoms with Gasteiger partial charge in [0.05, 0.1) is 11.8 Å². The molecule has 5 nitrogen and oxygen atoms in total. The fraction of sp³-hybridized carbons (Fsp3) is 0.389. The zero-order valence-electron chi connectivity index (χ0n) is 12.7. The maximum atomic E-state index is 12.8. The van der Waals surface area contributed by atoms with E-state index in [0.717, 1.165) is 22.3 Å². The van der Waals surface area contributed by atoms with Crippen LogP contribution in [0.15, 0.2) is 40.9 Å². The third kappa shape index (κ3) is 1.67. The van der Waals surface area contributed by atoms with Crippen molar-refractivity contribution in [3.8, 4) is 0 Å². The van der Waals surface area contributed by atoms with Gasteiger partial charge in [-0.2, -0.15) is 5.01 Å². The number of fused-ring (bicyclic) bond motifs is 3. The summed E-state index contributed by atoms with van der Waals surface area (Å²) in [6.45, 7) is 0. The topological polar surface area (TPSA) is 66.5 Å². The molecule has 4 atom stereocenters. The van der Waals surface area contributed by atoms with E-state index in [0.29, 0.717) is 5.56 Å². The molecule has 3 aliphatic carbocycles. The molecule has 24 heavy (non-hydrogen) atoms. The van der Waals surface area contributed by atoms with Crippen molar-refractivity contribution in [3.63, 3.8) is 0 Å². The normalized spacial score (nSPS) is 34.1. The van der Waals surface area contributed by atoms with Crippen LogP contribution in [0.4, 0.5) is 0 Å². The molecule has 2 saturated carbocycles. The highest BCUT2D eigenvalue weighted by Crippen LogP contribution is 2.73. The Morgan fingerprint density at radius 3 is 2.29 bits per heavy atom. The fourth-order valence-electron chi connectivity index (χ4n) is 4.98. The first-order valence-electron chi connectivity index (χ1n) is 8.16. The lowest BCUT2D eigenvalue weighted by molar-refractivity contribution is -0.144. The molecule has 0 unspecified atom stereocenters. The maximum absolute atomic E-state index is 12.8. The van der Waals surface area contributed by atoms with Gasteiger partial charge in [0.2, 0.25) is 0 Å². The number of allylic oxidation sites excluding steroid dienone is 2. The summed E-state index contributed by atoms with van der Waals surface area (Å²) < 4.78 is 0.768. The number of rotatable bonds is 2. The molecule has 1 heterocycles. The van der Waals surface area contributed by atoms with Gasteiger partial charge in [-0.05, 0) is 48.3 Å². The van der Waals surface area contributed by atoms with E-state index in [-0.39, 0.29) is 40.9 Å². The van der Waals surface area contributed by atoms with Crippen LogP contribution in [0, 0.1) is 29.1 Å². The highest BCUT2D eigenvalue weighted by molar-refractivity contribution is 9.10. The van der Waals surface area contributed by atoms with Gasteiger partial charge in [-0.15, -0.1) is 0 Å². The van der Waals surface area contributed by atoms with E-state index in [9.17, 15) is 14.4 Å². The Hall–Kier alpha value is -1.95. The SMILES string of the molecule is O=C(NN1C(=O)[C@@H]2[C@@H](C1=O)[C@H]1C=C[C@H]2C12CC2)c1cccc(Br)c1. The van der Waals surface area contributed by atoms with Crippen molar-refractivity contribution < 1.29 is 14.4 Å². The molecule has 0 radical (unpaired) electrons. The Labute approximate surface area is 147 Å². The second-order valence-corrected chi connectivity index (χ2v) is 8.10. The van der Waals surface area contributed by atoms with Crippen LogP contribution in [0.3, 0.4) is 0 Å². The molecule has 3 fully saturated rings. The zero-order valence-corrected chi connectivity index (χ0v) is 14.3. The minimum absolute atomic E-state index is 0.164. The van der Waals surface area contributed by atoms with Crippen LogP contribution >= 0.6 is 15.9 Å². The van der Waals surface area contributed by atoms with Gasteiger partial charge in [-0.1, -0.05) is 34.1 Å². The van der Waals surface area contributed by atoms with Gasteiger partial charge in [0.1, 0.15) is 0 Å². The first kappa shape index (κ1) is 14.4. The zero-order chi connectivity index (χ0) is 16.6. The van der Waals surface area contributed by atoms with Crippen molar-refractivity contribution in [2.24, 2.45) is 29.1 Å². The summed E-state index contributed by atoms with van der Waals surface area (Å²) >= 11 is 3.31. The number of carbonyl (C=O) groups is 3. The number of hydrogen-bond donors (Lipinski definition) is 1. The van der Waals surface area contributed by atoms with Crippen molar-refractivity contribution in [2.45, 2.75) is 12.8 Å². The number of amides is 3. The van der Waals surface area contributed by atoms with E-state index in [2.05, 4.69) is 33.5 Å². The maximum Gasteiger partial charge on any atom is 0.270 e. The predicted octanol–water partition coefficient (Wildman–Crippen LogP) is 2.29. The Bertz CT molecular complexity index is 795. The van der Waals surface area contributed by atoms with Gasteiger partial charge in [-0.3, -0.25) is 19.8 Å². The third-order valence-corrected chi connectivity index (χ3v) is 6.65. The molecule has 0 aromatic heterocycles. The molecular weight excluding hydrogens is 372 g/mol. The van der Waals surface area contributed by atoms with E-state index in [4.69, 9.17) is 0 Å². The number of hydrogen-bond acceptors (Lipinski definition) is 3. The Balaban J connectivity index is 1.41. The summed E-state index contributed by atoms with van der Waals surface area (Å²) in [6.07, 6.45) is 6.44. The summed E-state index contributed by atoms with van der Waals surface area (Å²) in [4.78, 5) is 38.0. The van der Waals surface area contributed by atoms with Crippen LogP contribution in [0.1, 0.15) is 23.2 Å². The number of halogens is 1. The smallest absolute Gasteiger partial charge is 0.270 e. The first-order valence-corrected chi connectivity index (χ1v) is 8.95. The van der Waals surface area contributed by atoms with Crippen LogP contribution in [0.5, 0.6) is 0 Å². The van der Waals surface area contributed by atoms with E-state index < -0.39 is 5.91 Å². The molecule has 1 aliphatic heterocycles. The van der Waals surface area contributed by atoms with Crippen molar-refractivity contribution in [3.05, 3.63) is 46.5 Å². The second-order valence-electron chi connectivity index (χ2n) is 7.18. The number of hydrazine groups is 1. The summed E-state index contributed by atoms with van der Waals surface area (Å²) in [5, 5.41) is 0.959. The van der Waals surface area contributed by atoms with E-state index >= 15 is 0 Å². The molecule has 5 rings (SSSR count). The molecule has 1 spiro atoms. The van der Waals surface area contributed by atoms with Gasteiger partial charge in [0, 0.05) is 10.0 Å². The Morgan fingerprint density at radius 2 is 1.75 bits per heavy atom. The van der Waals surface area contributed by atoms with Crippen molar-refractivity contribution in [2.75, 3.05) is 0 Å². The minimum atomic E-state index is -0.445. The van der Waals surface area contributed by atoms with E-state index in [1.165, 1.54) is 0 Å². The summed E-state index contributed by atoms with van der Waals surface area (Å²) in [7, 11) is 0. The summed E-state index contributed by atoms with van der Waals surface area (Å²) in [6, 6.07) is 6.86. The predicted molar refractivity (Wildman–Crippen MR) is 88.2 cm³/mol. The Morgan fingerprint density at radius 1 is 1.12 bits per heavy atom. The molecule has 1 aromatic carbocycles. The lowest BCUT2D eigenvalue weighted by Gasteiger charge is -2.22. The molecule has 2 bridgehead atoms. The largest absolute Gasteiger partial charge is 0.272 e. The molecule has 6 heteroatoms. The van der Waals surface area contributed by atoms with Crippen molar-refractivity contribution in [1.82, 2.24) is 10.4 Å². The molecule has 1 aromatic rings. The van der Waals surface area contributed by atoms with Crippen LogP contribution in [0.25, 0.3) is 0 Å². The Kier molecular flexibility index (Phi) is 2.74. The lowest BCUT2D eigenvalue weighted by atomic mass is 9.85. The van der Waals surface area contributed by atoms with Gasteiger partial charge in [0.15, 0.2) is 0 Å². The standard InChI is InChI=1S/C18H15BrN2O3/c19-10-3-1-2-9(8-10)15(22)20-21-16(23)13-11-4-5-12(14(13)17(21)24)18(11)6-7-18/h1-5,8,11-14H,6-7H2,(H,20,22)/t11-,12-,13+,14+/m1/s1. The van der Waals surface area contributed by atoms with Crippen molar-refractivity contribution in [1.29, 1.82) is 0 Å². The number of imide groups is 1. The number of carbonyl (C=O) groups excluding carboxylic acids is 3. The highest BCUT2D eigenvalue weighted by Gasteiger charge is 2.73. The summed E-state index contributed by atoms with van der Waals surface area (Å²) in [5.74, 6) is -1.21. The van der Waals surface area contributed by atoms with Crippen LogP contribution < -0.4 is 5.43 Å². The van der Waals surface area contributed by atoms with Crippen LogP contribution in [-0.2, 0) is 9.59 Å². The number of benzene rings is 1. The molecule has 4 aliphatic rings. The van der Waals surface area contributed by atoms with E-state index in [1.807, 2.05) is 6.07 Å². The third-order valence-electron chi connectivity index (χ3n) is 6.15. The molecule has 122 valence electrons. The molecule has 1 saturated heterocycles. The highest BCUT2D eigenvalue weighted by atomic mass is 79.9. The average molecular weight is 387 g/mol. The second kappa shape index (κ2) is 4.57. The van der Waals surface area contributed by atoms with Gasteiger partial charge < -0.3 is 0 Å². The van der Waals surface area contributed by atoms with Crippen LogP contribution in [0.2, 0.25) is 0 Å². The lowest BCUT2D eigenvalue weighted by Crippen LogP contribution is -2.47.